The number of anilines is 1. The number of nitrogens with zero attached hydrogens (tertiary/aromatic N) is 4. The Balaban J connectivity index is 1.65. The molecule has 0 radical (unpaired) electrons. The Labute approximate surface area is 193 Å². The van der Waals surface area contributed by atoms with Crippen LogP contribution >= 0.6 is 11.3 Å². The molecular formula is C23H20N4O5S. The number of esters is 1. The fraction of sp³-hybridized carbons (Fsp3) is 0.174. The third-order valence-electron chi connectivity index (χ3n) is 5.06. The Morgan fingerprint density at radius 3 is 2.70 bits per heavy atom. The number of imidazole rings is 1. The lowest BCUT2D eigenvalue weighted by atomic mass is 10.1. The van der Waals surface area contributed by atoms with Crippen LogP contribution in [-0.2, 0) is 16.1 Å². The second-order valence-corrected chi connectivity index (χ2v) is 8.18. The number of hydrogen-bond acceptors (Lipinski definition) is 7. The SMILES string of the molecule is CC(=O)OCCn1c(C)nc2cc(C(=O)N(c3cccc(-c4cccs4)c3)[N+](=O)[O-])ccc21. The van der Waals surface area contributed by atoms with E-state index in [0.29, 0.717) is 22.9 Å². The van der Waals surface area contributed by atoms with E-state index in [1.807, 2.05) is 28.1 Å². The second-order valence-electron chi connectivity index (χ2n) is 7.24. The lowest BCUT2D eigenvalue weighted by Gasteiger charge is -2.13. The molecular weight excluding hydrogens is 444 g/mol. The van der Waals surface area contributed by atoms with E-state index in [9.17, 15) is 19.7 Å². The summed E-state index contributed by atoms with van der Waals surface area (Å²) in [5.41, 5.74) is 2.37. The van der Waals surface area contributed by atoms with Crippen LogP contribution in [0.4, 0.5) is 5.69 Å². The molecule has 1 amide bonds. The molecule has 4 rings (SSSR count). The summed E-state index contributed by atoms with van der Waals surface area (Å²) in [4.78, 5) is 41.5. The molecule has 0 N–H and O–H groups in total. The van der Waals surface area contributed by atoms with E-state index in [1.165, 1.54) is 36.5 Å². The number of aromatic nitrogens is 2. The van der Waals surface area contributed by atoms with Gasteiger partial charge < -0.3 is 9.30 Å². The molecule has 168 valence electrons. The number of hydrogen-bond donors (Lipinski definition) is 0. The van der Waals surface area contributed by atoms with E-state index < -0.39 is 10.9 Å². The van der Waals surface area contributed by atoms with Gasteiger partial charge in [-0.3, -0.25) is 9.59 Å². The molecule has 0 saturated heterocycles. The number of ether oxygens (including phenoxy) is 1. The van der Waals surface area contributed by atoms with Crippen LogP contribution in [0.3, 0.4) is 0 Å². The minimum Gasteiger partial charge on any atom is -0.464 e. The molecule has 0 fully saturated rings. The average Bonchev–Trinajstić information content (AvgIpc) is 3.41. The van der Waals surface area contributed by atoms with Crippen LogP contribution in [-0.4, -0.2) is 33.1 Å². The minimum absolute atomic E-state index is 0.144. The van der Waals surface area contributed by atoms with Crippen molar-refractivity contribution in [3.8, 4) is 10.4 Å². The molecule has 10 heteroatoms. The Bertz CT molecular complexity index is 1350. The number of rotatable bonds is 7. The van der Waals surface area contributed by atoms with Gasteiger partial charge in [0.15, 0.2) is 5.03 Å². The molecule has 0 aliphatic heterocycles. The highest BCUT2D eigenvalue weighted by Gasteiger charge is 2.29. The van der Waals surface area contributed by atoms with E-state index in [1.54, 1.807) is 25.1 Å². The zero-order valence-corrected chi connectivity index (χ0v) is 18.7. The fourth-order valence-electron chi connectivity index (χ4n) is 3.59. The Hall–Kier alpha value is -4.05. The molecule has 0 aliphatic rings. The molecule has 9 nitrogen and oxygen atoms in total. The number of carbonyl (C=O) groups excluding carboxylic acids is 2. The zero-order valence-electron chi connectivity index (χ0n) is 17.9. The van der Waals surface area contributed by atoms with Gasteiger partial charge >= 0.3 is 11.9 Å². The summed E-state index contributed by atoms with van der Waals surface area (Å²) in [5.74, 6) is -0.457. The van der Waals surface area contributed by atoms with Gasteiger partial charge in [-0.2, -0.15) is 0 Å². The van der Waals surface area contributed by atoms with Gasteiger partial charge in [0.05, 0.1) is 17.6 Å². The Morgan fingerprint density at radius 1 is 1.18 bits per heavy atom. The molecule has 0 spiro atoms. The highest BCUT2D eigenvalue weighted by atomic mass is 32.1. The van der Waals surface area contributed by atoms with Crippen LogP contribution in [0, 0.1) is 17.0 Å². The van der Waals surface area contributed by atoms with Gasteiger partial charge in [0, 0.05) is 17.4 Å². The first-order valence-electron chi connectivity index (χ1n) is 10.1. The van der Waals surface area contributed by atoms with Crippen molar-refractivity contribution < 1.29 is 19.4 Å². The normalized spacial score (nSPS) is 10.8. The quantitative estimate of drug-likeness (QED) is 0.227. The van der Waals surface area contributed by atoms with Crippen LogP contribution < -0.4 is 5.01 Å². The minimum atomic E-state index is -0.766. The van der Waals surface area contributed by atoms with E-state index in [2.05, 4.69) is 4.98 Å². The smallest absolute Gasteiger partial charge is 0.320 e. The van der Waals surface area contributed by atoms with Crippen molar-refractivity contribution in [1.29, 1.82) is 0 Å². The van der Waals surface area contributed by atoms with E-state index >= 15 is 0 Å². The molecule has 0 bridgehead atoms. The number of carbonyl (C=O) groups is 2. The van der Waals surface area contributed by atoms with Crippen LogP contribution in [0.2, 0.25) is 0 Å². The maximum absolute atomic E-state index is 13.2. The number of thiophene rings is 1. The number of nitro groups is 1. The largest absolute Gasteiger partial charge is 0.464 e. The average molecular weight is 465 g/mol. The summed E-state index contributed by atoms with van der Waals surface area (Å²) in [6.07, 6.45) is 0. The van der Waals surface area contributed by atoms with Gasteiger partial charge in [-0.15, -0.1) is 11.3 Å². The van der Waals surface area contributed by atoms with E-state index in [4.69, 9.17) is 4.74 Å². The number of amides is 1. The van der Waals surface area contributed by atoms with Gasteiger partial charge in [0.2, 0.25) is 0 Å². The van der Waals surface area contributed by atoms with Crippen molar-refractivity contribution in [3.63, 3.8) is 0 Å². The van der Waals surface area contributed by atoms with Crippen molar-refractivity contribution >= 4 is 39.9 Å². The first kappa shape index (κ1) is 22.2. The summed E-state index contributed by atoms with van der Waals surface area (Å²) >= 11 is 1.51. The van der Waals surface area contributed by atoms with Crippen molar-refractivity contribution in [1.82, 2.24) is 9.55 Å². The first-order chi connectivity index (χ1) is 15.8. The number of hydrazine groups is 1. The molecule has 0 aliphatic carbocycles. The van der Waals surface area contributed by atoms with Crippen molar-refractivity contribution in [2.24, 2.45) is 0 Å². The van der Waals surface area contributed by atoms with Crippen LogP contribution in [0.25, 0.3) is 21.5 Å². The third kappa shape index (κ3) is 4.60. The van der Waals surface area contributed by atoms with Crippen LogP contribution in [0.15, 0.2) is 60.0 Å². The first-order valence-corrected chi connectivity index (χ1v) is 11.0. The highest BCUT2D eigenvalue weighted by Crippen LogP contribution is 2.29. The standard InChI is InChI=1S/C23H20N4O5S/c1-15-24-20-14-18(8-9-21(20)25(15)10-11-32-16(2)28)23(29)26(27(30)31)19-6-3-5-17(13-19)22-7-4-12-33-22/h3-9,12-14H,10-11H2,1-2H3. The topological polar surface area (TPSA) is 108 Å². The number of benzene rings is 2. The summed E-state index contributed by atoms with van der Waals surface area (Å²) in [6, 6.07) is 15.3. The van der Waals surface area contributed by atoms with Gasteiger partial charge in [0.25, 0.3) is 0 Å². The molecule has 33 heavy (non-hydrogen) atoms. The Kier molecular flexibility index (Phi) is 6.18. The van der Waals surface area contributed by atoms with Crippen molar-refractivity contribution in [2.45, 2.75) is 20.4 Å². The lowest BCUT2D eigenvalue weighted by Crippen LogP contribution is -2.36. The molecule has 0 unspecified atom stereocenters. The van der Waals surface area contributed by atoms with Crippen LogP contribution in [0.1, 0.15) is 23.1 Å². The molecule has 2 aromatic heterocycles. The Morgan fingerprint density at radius 2 is 2.00 bits per heavy atom. The maximum Gasteiger partial charge on any atom is 0.320 e. The van der Waals surface area contributed by atoms with Crippen LogP contribution in [0.5, 0.6) is 0 Å². The fourth-order valence-corrected chi connectivity index (χ4v) is 4.31. The number of fused-ring (bicyclic) bond motifs is 1. The molecule has 2 aromatic carbocycles. The maximum atomic E-state index is 13.2. The summed E-state index contributed by atoms with van der Waals surface area (Å²) in [5, 5.41) is 13.6. The molecule has 0 atom stereocenters. The third-order valence-corrected chi connectivity index (χ3v) is 5.98. The van der Waals surface area contributed by atoms with Gasteiger partial charge in [-0.05, 0) is 59.3 Å². The second kappa shape index (κ2) is 9.21. The monoisotopic (exact) mass is 464 g/mol. The summed E-state index contributed by atoms with van der Waals surface area (Å²) in [7, 11) is 0. The van der Waals surface area contributed by atoms with Crippen molar-refractivity contribution in [3.05, 3.63) is 81.5 Å². The summed E-state index contributed by atoms with van der Waals surface area (Å²) in [6.45, 7) is 3.74. The molecule has 2 heterocycles. The predicted octanol–water partition coefficient (Wildman–Crippen LogP) is 4.47. The molecule has 4 aromatic rings. The number of aryl methyl sites for hydroxylation is 1. The van der Waals surface area contributed by atoms with Gasteiger partial charge in [-0.1, -0.05) is 18.2 Å². The lowest BCUT2D eigenvalue weighted by molar-refractivity contribution is -0.481. The summed E-state index contributed by atoms with van der Waals surface area (Å²) < 4.78 is 6.87. The van der Waals surface area contributed by atoms with Crippen molar-refractivity contribution in [2.75, 3.05) is 11.6 Å². The van der Waals surface area contributed by atoms with Gasteiger partial charge in [-0.25, -0.2) is 15.1 Å². The van der Waals surface area contributed by atoms with E-state index in [0.717, 1.165) is 16.0 Å². The molecule has 0 saturated carbocycles. The van der Waals surface area contributed by atoms with Gasteiger partial charge in [0.1, 0.15) is 18.1 Å². The van der Waals surface area contributed by atoms with E-state index in [-0.39, 0.29) is 23.8 Å². The predicted molar refractivity (Wildman–Crippen MR) is 125 cm³/mol. The zero-order chi connectivity index (χ0) is 23.5. The highest BCUT2D eigenvalue weighted by molar-refractivity contribution is 7.13.